The first kappa shape index (κ1) is 18.0. The Kier molecular flexibility index (Phi) is 6.71. The van der Waals surface area contributed by atoms with E-state index < -0.39 is 9.84 Å². The van der Waals surface area contributed by atoms with E-state index in [0.717, 1.165) is 19.3 Å². The maximum atomic E-state index is 11.8. The van der Waals surface area contributed by atoms with Crippen molar-refractivity contribution in [3.05, 3.63) is 12.2 Å². The standard InChI is InChI=1S/C15H28N2O3S/c1-15(2,9-10-21(3,19)20)12-17-14(18)16-11-13-7-5-4-6-8-13/h4-5,13H,6-12H2,1-3H3,(H2,16,17,18)/t13-/m1/s1. The number of hydrogen-bond donors (Lipinski definition) is 2. The van der Waals surface area contributed by atoms with Crippen LogP contribution in [0.5, 0.6) is 0 Å². The Balaban J connectivity index is 2.23. The summed E-state index contributed by atoms with van der Waals surface area (Å²) < 4.78 is 22.4. The van der Waals surface area contributed by atoms with E-state index in [2.05, 4.69) is 22.8 Å². The van der Waals surface area contributed by atoms with Gasteiger partial charge in [-0.2, -0.15) is 0 Å². The molecule has 0 fully saturated rings. The summed E-state index contributed by atoms with van der Waals surface area (Å²) in [5, 5.41) is 5.73. The molecule has 2 N–H and O–H groups in total. The van der Waals surface area contributed by atoms with Gasteiger partial charge in [-0.15, -0.1) is 0 Å². The van der Waals surface area contributed by atoms with Gasteiger partial charge in [-0.25, -0.2) is 13.2 Å². The van der Waals surface area contributed by atoms with Crippen molar-refractivity contribution in [2.45, 2.75) is 39.5 Å². The molecule has 1 aliphatic rings. The highest BCUT2D eigenvalue weighted by molar-refractivity contribution is 7.90. The first-order valence-electron chi connectivity index (χ1n) is 7.52. The predicted molar refractivity (Wildman–Crippen MR) is 86.0 cm³/mol. The van der Waals surface area contributed by atoms with Crippen molar-refractivity contribution in [1.29, 1.82) is 0 Å². The van der Waals surface area contributed by atoms with E-state index in [-0.39, 0.29) is 17.2 Å². The van der Waals surface area contributed by atoms with E-state index in [1.54, 1.807) is 0 Å². The van der Waals surface area contributed by atoms with Gasteiger partial charge in [0.05, 0.1) is 5.75 Å². The van der Waals surface area contributed by atoms with Gasteiger partial charge in [-0.3, -0.25) is 0 Å². The monoisotopic (exact) mass is 316 g/mol. The van der Waals surface area contributed by atoms with E-state index in [0.29, 0.717) is 25.4 Å². The molecule has 0 unspecified atom stereocenters. The number of hydrogen-bond acceptors (Lipinski definition) is 3. The Morgan fingerprint density at radius 1 is 1.29 bits per heavy atom. The number of urea groups is 1. The average molecular weight is 316 g/mol. The number of carbonyl (C=O) groups excluding carboxylic acids is 1. The summed E-state index contributed by atoms with van der Waals surface area (Å²) in [6, 6.07) is -0.169. The first-order chi connectivity index (χ1) is 9.68. The molecule has 0 aromatic carbocycles. The molecule has 21 heavy (non-hydrogen) atoms. The maximum Gasteiger partial charge on any atom is 0.314 e. The highest BCUT2D eigenvalue weighted by atomic mass is 32.2. The van der Waals surface area contributed by atoms with Crippen molar-refractivity contribution in [2.75, 3.05) is 25.1 Å². The van der Waals surface area contributed by atoms with Crippen LogP contribution >= 0.6 is 0 Å². The summed E-state index contributed by atoms with van der Waals surface area (Å²) in [5.41, 5.74) is -0.228. The number of nitrogens with one attached hydrogen (secondary N) is 2. The van der Waals surface area contributed by atoms with Crippen LogP contribution < -0.4 is 10.6 Å². The lowest BCUT2D eigenvalue weighted by molar-refractivity contribution is 0.230. The molecule has 1 aliphatic carbocycles. The Morgan fingerprint density at radius 3 is 2.57 bits per heavy atom. The zero-order chi connectivity index (χ0) is 15.9. The van der Waals surface area contributed by atoms with Crippen LogP contribution in [0.4, 0.5) is 4.79 Å². The minimum atomic E-state index is -2.96. The Morgan fingerprint density at radius 2 is 2.00 bits per heavy atom. The third kappa shape index (κ3) is 8.75. The molecule has 6 heteroatoms. The van der Waals surface area contributed by atoms with Crippen molar-refractivity contribution in [3.63, 3.8) is 0 Å². The van der Waals surface area contributed by atoms with Gasteiger partial charge in [0.1, 0.15) is 9.84 Å². The lowest BCUT2D eigenvalue weighted by Gasteiger charge is -2.25. The fraction of sp³-hybridized carbons (Fsp3) is 0.800. The molecule has 0 bridgehead atoms. The van der Waals surface area contributed by atoms with Gasteiger partial charge in [-0.1, -0.05) is 26.0 Å². The second kappa shape index (κ2) is 7.82. The summed E-state index contributed by atoms with van der Waals surface area (Å²) in [5.74, 6) is 0.677. The van der Waals surface area contributed by atoms with E-state index in [1.165, 1.54) is 6.26 Å². The van der Waals surface area contributed by atoms with Crippen molar-refractivity contribution in [3.8, 4) is 0 Å². The molecule has 2 amide bonds. The fourth-order valence-electron chi connectivity index (χ4n) is 2.21. The van der Waals surface area contributed by atoms with Gasteiger partial charge in [-0.05, 0) is 37.0 Å². The molecule has 122 valence electrons. The fourth-order valence-corrected chi connectivity index (χ4v) is 3.13. The molecule has 1 rings (SSSR count). The highest BCUT2D eigenvalue weighted by Crippen LogP contribution is 2.20. The lowest BCUT2D eigenvalue weighted by Crippen LogP contribution is -2.42. The van der Waals surface area contributed by atoms with Crippen molar-refractivity contribution >= 4 is 15.9 Å². The number of carbonyl (C=O) groups is 1. The van der Waals surface area contributed by atoms with E-state index in [9.17, 15) is 13.2 Å². The molecule has 0 aromatic rings. The molecular formula is C15H28N2O3S. The van der Waals surface area contributed by atoms with Crippen LogP contribution in [0.15, 0.2) is 12.2 Å². The molecular weight excluding hydrogens is 288 g/mol. The molecule has 0 heterocycles. The number of allylic oxidation sites excluding steroid dienone is 2. The number of amides is 2. The summed E-state index contributed by atoms with van der Waals surface area (Å²) in [6.07, 6.45) is 9.37. The van der Waals surface area contributed by atoms with Crippen LogP contribution in [0.1, 0.15) is 39.5 Å². The molecule has 0 saturated carbocycles. The summed E-state index contributed by atoms with van der Waals surface area (Å²) in [7, 11) is -2.96. The average Bonchev–Trinajstić information content (AvgIpc) is 2.41. The molecule has 0 radical (unpaired) electrons. The predicted octanol–water partition coefficient (Wildman–Crippen LogP) is 2.10. The van der Waals surface area contributed by atoms with Crippen LogP contribution in [0, 0.1) is 11.3 Å². The molecule has 0 aromatic heterocycles. The summed E-state index contributed by atoms with van der Waals surface area (Å²) in [6.45, 7) is 5.09. The SMILES string of the molecule is CC(C)(CCS(C)(=O)=O)CNC(=O)NC[C@@H]1CC=CCC1. The van der Waals surface area contributed by atoms with Crippen LogP contribution in [0.2, 0.25) is 0 Å². The van der Waals surface area contributed by atoms with Gasteiger partial charge in [0.2, 0.25) is 0 Å². The minimum absolute atomic E-state index is 0.151. The topological polar surface area (TPSA) is 75.3 Å². The summed E-state index contributed by atoms with van der Waals surface area (Å²) >= 11 is 0. The highest BCUT2D eigenvalue weighted by Gasteiger charge is 2.21. The van der Waals surface area contributed by atoms with Crippen molar-refractivity contribution < 1.29 is 13.2 Å². The smallest absolute Gasteiger partial charge is 0.314 e. The molecule has 0 saturated heterocycles. The molecule has 1 atom stereocenters. The molecule has 5 nitrogen and oxygen atoms in total. The van der Waals surface area contributed by atoms with Gasteiger partial charge < -0.3 is 10.6 Å². The van der Waals surface area contributed by atoms with Gasteiger partial charge >= 0.3 is 6.03 Å². The van der Waals surface area contributed by atoms with Crippen LogP contribution in [0.25, 0.3) is 0 Å². The zero-order valence-corrected chi connectivity index (χ0v) is 14.1. The number of rotatable bonds is 7. The Bertz CT molecular complexity index is 469. The maximum absolute atomic E-state index is 11.8. The second-order valence-corrected chi connectivity index (χ2v) is 9.02. The molecule has 0 aliphatic heterocycles. The van der Waals surface area contributed by atoms with E-state index >= 15 is 0 Å². The van der Waals surface area contributed by atoms with E-state index in [4.69, 9.17) is 0 Å². The van der Waals surface area contributed by atoms with Crippen LogP contribution in [-0.4, -0.2) is 39.5 Å². The Hall–Kier alpha value is -1.04. The van der Waals surface area contributed by atoms with Crippen molar-refractivity contribution in [1.82, 2.24) is 10.6 Å². The molecule has 0 spiro atoms. The third-order valence-corrected chi connectivity index (χ3v) is 4.75. The second-order valence-electron chi connectivity index (χ2n) is 6.76. The normalized spacial score (nSPS) is 19.3. The summed E-state index contributed by atoms with van der Waals surface area (Å²) in [4.78, 5) is 11.8. The van der Waals surface area contributed by atoms with E-state index in [1.807, 2.05) is 13.8 Å². The largest absolute Gasteiger partial charge is 0.338 e. The minimum Gasteiger partial charge on any atom is -0.338 e. The van der Waals surface area contributed by atoms with Gasteiger partial charge in [0.15, 0.2) is 0 Å². The van der Waals surface area contributed by atoms with Crippen LogP contribution in [-0.2, 0) is 9.84 Å². The third-order valence-electron chi connectivity index (χ3n) is 3.81. The van der Waals surface area contributed by atoms with Gasteiger partial charge in [0, 0.05) is 19.3 Å². The zero-order valence-electron chi connectivity index (χ0n) is 13.3. The first-order valence-corrected chi connectivity index (χ1v) is 9.58. The Labute approximate surface area is 128 Å². The van der Waals surface area contributed by atoms with Crippen LogP contribution in [0.3, 0.4) is 0 Å². The van der Waals surface area contributed by atoms with Gasteiger partial charge in [0.25, 0.3) is 0 Å². The number of sulfone groups is 1. The lowest BCUT2D eigenvalue weighted by atomic mass is 9.90. The quantitative estimate of drug-likeness (QED) is 0.706. The van der Waals surface area contributed by atoms with Crippen molar-refractivity contribution in [2.24, 2.45) is 11.3 Å².